The van der Waals surface area contributed by atoms with Gasteiger partial charge in [-0.3, -0.25) is 0 Å². The normalized spacial score (nSPS) is 13.3. The van der Waals surface area contributed by atoms with E-state index < -0.39 is 93.1 Å². The summed E-state index contributed by atoms with van der Waals surface area (Å²) in [4.78, 5) is 0. The van der Waals surface area contributed by atoms with Crippen molar-refractivity contribution in [2.45, 2.75) is 30.9 Å². The summed E-state index contributed by atoms with van der Waals surface area (Å²) < 4.78 is 212. The number of anilines is 2. The van der Waals surface area contributed by atoms with Crippen molar-refractivity contribution < 1.29 is 75.3 Å². The van der Waals surface area contributed by atoms with Crippen molar-refractivity contribution in [3.05, 3.63) is 70.3 Å². The van der Waals surface area contributed by atoms with E-state index in [1.54, 1.807) is 0 Å². The minimum atomic E-state index is -5.72. The maximum Gasteiger partial charge on any atom is 0.421 e. The Bertz CT molecular complexity index is 1480. The van der Waals surface area contributed by atoms with Crippen LogP contribution in [0.2, 0.25) is 0 Å². The minimum absolute atomic E-state index is 0.0121. The first-order valence-electron chi connectivity index (χ1n) is 10.5. The Kier molecular flexibility index (Phi) is 7.90. The number of ether oxygens (including phenoxy) is 2. The number of halogens is 15. The van der Waals surface area contributed by atoms with Gasteiger partial charge in [-0.05, 0) is 42.5 Å². The largest absolute Gasteiger partial charge is 0.456 e. The smallest absolute Gasteiger partial charge is 0.421 e. The van der Waals surface area contributed by atoms with Crippen molar-refractivity contribution >= 4 is 11.4 Å². The van der Waals surface area contributed by atoms with Gasteiger partial charge in [0.25, 0.3) is 0 Å². The van der Waals surface area contributed by atoms with E-state index in [1.807, 2.05) is 0 Å². The third-order valence-corrected chi connectivity index (χ3v) is 5.25. The van der Waals surface area contributed by atoms with E-state index >= 15 is 0 Å². The molecule has 4 N–H and O–H groups in total. The van der Waals surface area contributed by atoms with Crippen LogP contribution >= 0.6 is 0 Å². The number of alkyl halides is 15. The summed E-state index contributed by atoms with van der Waals surface area (Å²) in [6, 6.07) is 0.336. The fourth-order valence-electron chi connectivity index (χ4n) is 3.55. The van der Waals surface area contributed by atoms with Crippen molar-refractivity contribution in [2.24, 2.45) is 0 Å². The Hall–Kier alpha value is -4.19. The van der Waals surface area contributed by atoms with Crippen LogP contribution in [0.1, 0.15) is 27.8 Å². The van der Waals surface area contributed by atoms with Gasteiger partial charge in [-0.15, -0.1) is 0 Å². The summed E-state index contributed by atoms with van der Waals surface area (Å²) in [6.07, 6.45) is -28.2. The minimum Gasteiger partial charge on any atom is -0.456 e. The molecule has 42 heavy (non-hydrogen) atoms. The van der Waals surface area contributed by atoms with Gasteiger partial charge in [-0.25, -0.2) is 0 Å². The molecule has 0 unspecified atom stereocenters. The van der Waals surface area contributed by atoms with Crippen molar-refractivity contribution in [2.75, 3.05) is 11.5 Å². The summed E-state index contributed by atoms with van der Waals surface area (Å²) in [5.41, 5.74) is -3.55. The second-order valence-electron chi connectivity index (χ2n) is 8.16. The van der Waals surface area contributed by atoms with Gasteiger partial charge < -0.3 is 20.9 Å². The molecule has 0 fully saturated rings. The zero-order valence-electron chi connectivity index (χ0n) is 19.7. The summed E-state index contributed by atoms with van der Waals surface area (Å²) in [5, 5.41) is 0. The van der Waals surface area contributed by atoms with Crippen molar-refractivity contribution in [1.29, 1.82) is 0 Å². The molecular weight excluding hydrogens is 621 g/mol. The first-order chi connectivity index (χ1) is 18.8. The molecule has 0 saturated carbocycles. The lowest BCUT2D eigenvalue weighted by atomic mass is 10.0. The number of rotatable bonds is 4. The monoisotopic (exact) mass is 632 g/mol. The topological polar surface area (TPSA) is 70.5 Å². The van der Waals surface area contributed by atoms with Crippen LogP contribution in [0.25, 0.3) is 0 Å². The molecule has 3 rings (SSSR count). The molecule has 19 heteroatoms. The summed E-state index contributed by atoms with van der Waals surface area (Å²) in [5.74, 6) is -7.46. The zero-order chi connectivity index (χ0) is 32.2. The summed E-state index contributed by atoms with van der Waals surface area (Å²) >= 11 is 0. The summed E-state index contributed by atoms with van der Waals surface area (Å²) in [6.45, 7) is 0. The number of benzene rings is 3. The second kappa shape index (κ2) is 10.3. The lowest BCUT2D eigenvalue weighted by molar-refractivity contribution is -0.146. The molecule has 0 aliphatic rings. The molecule has 0 bridgehead atoms. The van der Waals surface area contributed by atoms with Crippen LogP contribution in [-0.4, -0.2) is 0 Å². The van der Waals surface area contributed by atoms with Crippen molar-refractivity contribution in [1.82, 2.24) is 0 Å². The average Bonchev–Trinajstić information content (AvgIpc) is 2.76. The Balaban J connectivity index is 2.27. The van der Waals surface area contributed by atoms with Gasteiger partial charge in [0.1, 0.15) is 28.2 Å². The second-order valence-corrected chi connectivity index (χ2v) is 8.16. The molecule has 0 radical (unpaired) electrons. The first-order valence-corrected chi connectivity index (χ1v) is 10.5. The molecule has 0 atom stereocenters. The lowest BCUT2D eigenvalue weighted by Gasteiger charge is -2.23. The number of nitrogens with two attached hydrogens (primary N) is 2. The van der Waals surface area contributed by atoms with Gasteiger partial charge in [0.15, 0.2) is 11.5 Å². The van der Waals surface area contributed by atoms with E-state index in [0.29, 0.717) is 0 Å². The maximum absolute atomic E-state index is 13.8. The number of hydrogen-bond donors (Lipinski definition) is 2. The highest BCUT2D eigenvalue weighted by atomic mass is 19.4. The Morgan fingerprint density at radius 1 is 0.429 bits per heavy atom. The quantitative estimate of drug-likeness (QED) is 0.222. The predicted molar refractivity (Wildman–Crippen MR) is 113 cm³/mol. The molecule has 0 heterocycles. The van der Waals surface area contributed by atoms with Crippen LogP contribution in [-0.2, 0) is 30.9 Å². The SMILES string of the molecule is Nc1ccc(C(F)(F)F)c(Oc2ccc(Oc3c(C(F)(F)F)ccc(N)c3C(F)(F)F)c(C(F)(F)F)c2)c1C(F)(F)F. The van der Waals surface area contributed by atoms with Gasteiger partial charge in [-0.2, -0.15) is 65.9 Å². The molecule has 0 spiro atoms. The van der Waals surface area contributed by atoms with Crippen LogP contribution < -0.4 is 20.9 Å². The molecule has 0 aliphatic heterocycles. The molecule has 0 aromatic heterocycles. The highest BCUT2D eigenvalue weighted by Crippen LogP contribution is 2.52. The third kappa shape index (κ3) is 6.64. The van der Waals surface area contributed by atoms with Crippen LogP contribution in [0.4, 0.5) is 77.2 Å². The zero-order valence-corrected chi connectivity index (χ0v) is 19.7. The fraction of sp³-hybridized carbons (Fsp3) is 0.217. The number of nitrogen functional groups attached to an aromatic ring is 2. The molecule has 0 saturated heterocycles. The van der Waals surface area contributed by atoms with Gasteiger partial charge in [0.05, 0.1) is 11.1 Å². The van der Waals surface area contributed by atoms with E-state index in [-0.39, 0.29) is 42.5 Å². The van der Waals surface area contributed by atoms with Crippen LogP contribution in [0, 0.1) is 0 Å². The molecule has 230 valence electrons. The van der Waals surface area contributed by atoms with Crippen molar-refractivity contribution in [3.63, 3.8) is 0 Å². The van der Waals surface area contributed by atoms with Gasteiger partial charge in [0, 0.05) is 11.4 Å². The van der Waals surface area contributed by atoms with Gasteiger partial charge in [0.2, 0.25) is 0 Å². The van der Waals surface area contributed by atoms with Crippen LogP contribution in [0.15, 0.2) is 42.5 Å². The summed E-state index contributed by atoms with van der Waals surface area (Å²) in [7, 11) is 0. The van der Waals surface area contributed by atoms with Crippen LogP contribution in [0.5, 0.6) is 23.0 Å². The lowest BCUT2D eigenvalue weighted by Crippen LogP contribution is -2.17. The Labute approximate surface area is 223 Å². The molecular formula is C23H11F15N2O2. The van der Waals surface area contributed by atoms with Crippen molar-refractivity contribution in [3.8, 4) is 23.0 Å². The van der Waals surface area contributed by atoms with Gasteiger partial charge in [-0.1, -0.05) is 0 Å². The fourth-order valence-corrected chi connectivity index (χ4v) is 3.55. The highest BCUT2D eigenvalue weighted by molar-refractivity contribution is 5.63. The van der Waals surface area contributed by atoms with E-state index in [4.69, 9.17) is 11.5 Å². The molecule has 4 nitrogen and oxygen atoms in total. The molecule has 0 amide bonds. The molecule has 3 aromatic rings. The van der Waals surface area contributed by atoms with E-state index in [1.165, 1.54) is 0 Å². The van der Waals surface area contributed by atoms with E-state index in [9.17, 15) is 65.9 Å². The highest BCUT2D eigenvalue weighted by Gasteiger charge is 2.46. The number of hydrogen-bond acceptors (Lipinski definition) is 4. The molecule has 0 aliphatic carbocycles. The molecule has 3 aromatic carbocycles. The van der Waals surface area contributed by atoms with Crippen LogP contribution in [0.3, 0.4) is 0 Å². The standard InChI is InChI=1S/C23H11F15N2O2/c24-19(25,26)9-2-4-12(39)15(22(33,34)35)17(9)41-8-1-6-14(11(7-8)21(30,31)32)42-18-10(20(27,28)29)3-5-13(40)16(18)23(36,37)38/h1-7H,39-40H2. The third-order valence-electron chi connectivity index (χ3n) is 5.25. The van der Waals surface area contributed by atoms with E-state index in [0.717, 1.165) is 0 Å². The predicted octanol–water partition coefficient (Wildman–Crippen LogP) is 9.53. The maximum atomic E-state index is 13.8. The average molecular weight is 632 g/mol. The van der Waals surface area contributed by atoms with Gasteiger partial charge >= 0.3 is 30.9 Å². The Morgan fingerprint density at radius 2 is 0.810 bits per heavy atom. The Morgan fingerprint density at radius 3 is 1.17 bits per heavy atom. The van der Waals surface area contributed by atoms with E-state index in [2.05, 4.69) is 9.47 Å². The first kappa shape index (κ1) is 32.3.